The second-order valence-corrected chi connectivity index (χ2v) is 23.0. The number of carboxylic acid groups (broad SMARTS) is 1. The van der Waals surface area contributed by atoms with E-state index in [1.54, 1.807) is 13.8 Å². The highest BCUT2D eigenvalue weighted by Gasteiger charge is 2.59. The normalized spacial score (nSPS) is 31.5. The van der Waals surface area contributed by atoms with E-state index >= 15 is 0 Å². The van der Waals surface area contributed by atoms with Crippen LogP contribution >= 0.6 is 0 Å². The van der Waals surface area contributed by atoms with Gasteiger partial charge < -0.3 is 78.4 Å². The molecule has 0 saturated carbocycles. The first-order valence-corrected chi connectivity index (χ1v) is 29.9. The minimum Gasteiger partial charge on any atom is -0.480 e. The maximum absolute atomic E-state index is 14.8. The summed E-state index contributed by atoms with van der Waals surface area (Å²) >= 11 is 0. The Hall–Kier alpha value is -4.58. The summed E-state index contributed by atoms with van der Waals surface area (Å²) < 4.78 is 97.4. The Morgan fingerprint density at radius 3 is 1.93 bits per heavy atom. The monoisotopic (exact) mass is 1230 g/mol. The molecule has 0 aromatic carbocycles. The van der Waals surface area contributed by atoms with E-state index in [-0.39, 0.29) is 25.8 Å². The molecule has 19 atom stereocenters. The molecular weight excluding hydrogens is 1140 g/mol. The third kappa shape index (κ3) is 19.0. The van der Waals surface area contributed by atoms with E-state index in [4.69, 9.17) is 57.3 Å². The van der Waals surface area contributed by atoms with Gasteiger partial charge in [0.15, 0.2) is 24.7 Å². The fourth-order valence-electron chi connectivity index (χ4n) is 11.3. The highest BCUT2D eigenvalue weighted by molar-refractivity contribution is 7.80. The summed E-state index contributed by atoms with van der Waals surface area (Å²) in [5.74, 6) is -5.92. The molecule has 4 aliphatic rings. The van der Waals surface area contributed by atoms with Crippen molar-refractivity contribution in [3.05, 3.63) is 33.1 Å². The molecule has 1 amide bonds. The van der Waals surface area contributed by atoms with E-state index in [1.807, 2.05) is 4.98 Å². The summed E-state index contributed by atoms with van der Waals surface area (Å²) in [5.41, 5.74) is 3.63. The van der Waals surface area contributed by atoms with Crippen LogP contribution in [0, 0.1) is 5.92 Å². The first kappa shape index (κ1) is 70.2. The van der Waals surface area contributed by atoms with Gasteiger partial charge in [-0.05, 0) is 32.7 Å². The number of aromatic amines is 1. The first-order valence-electron chi connectivity index (χ1n) is 28.5. The molecule has 84 heavy (non-hydrogen) atoms. The van der Waals surface area contributed by atoms with Crippen LogP contribution in [0.3, 0.4) is 0 Å². The van der Waals surface area contributed by atoms with Gasteiger partial charge in [0.25, 0.3) is 5.56 Å². The zero-order valence-corrected chi connectivity index (χ0v) is 49.7. The fraction of sp³-hybridized carbons (Fsp3) is 0.830. The van der Waals surface area contributed by atoms with Crippen LogP contribution in [0.25, 0.3) is 0 Å². The number of H-pyrrole nitrogens is 1. The van der Waals surface area contributed by atoms with E-state index in [0.29, 0.717) is 15.9 Å². The predicted octanol–water partition coefficient (Wildman–Crippen LogP) is -0.337. The minimum atomic E-state index is -5.49. The summed E-state index contributed by atoms with van der Waals surface area (Å²) in [6.07, 6.45) is -12.9. The SMILES string of the molecule is CCCCCCCCCCCCCC(CC(=O)O[C@H]1CN(C)[C@@H]([C@H](O[C@H]2O[C@@H](CN)[C@H](O)[C@@H]2O)[C@@H]2O[C@H](n3ccc(=O)[nH]c3=O)[C@@H](OS(=O)(=O)O)[C@H]2O)C(=O)N(C)[C@@H]1C(=O)O)OC(=O)CC(C)CC(=O)OC1OC(C)C(OC)C(OC)C1OC. The molecule has 0 radical (unpaired) electrons. The molecule has 4 saturated heterocycles. The molecule has 31 heteroatoms. The van der Waals surface area contributed by atoms with Crippen molar-refractivity contribution in [2.45, 2.75) is 227 Å². The maximum atomic E-state index is 14.8. The summed E-state index contributed by atoms with van der Waals surface area (Å²) in [4.78, 5) is 98.0. The van der Waals surface area contributed by atoms with Gasteiger partial charge in [0.05, 0.1) is 12.5 Å². The van der Waals surface area contributed by atoms with Gasteiger partial charge in [0.2, 0.25) is 12.2 Å². The maximum Gasteiger partial charge on any atom is 0.397 e. The summed E-state index contributed by atoms with van der Waals surface area (Å²) in [5, 5.41) is 44.4. The second kappa shape index (κ2) is 33.0. The standard InChI is InChI=1S/C53H87N5O25S/c1-9-10-11-12-13-14-15-16-17-18-19-20-30(77-34(60)23-28(2)24-35(61)80-52-47(75-8)46(74-7)42(73-6)29(3)76-52)25-36(62)78-32-27-56(4)38(48(66)57(5)37(32)50(67)68)43(82-51-40(64)39(63)31(26-54)79-51)44-41(65)45(83-84(70,71)72)49(81-44)58-22-21-33(59)55-53(58)69/h21-22,28-32,37-47,49,51-52,63-65H,9-20,23-27,54H2,1-8H3,(H,67,68)(H,55,59,69)(H,70,71,72)/t28?,29?,30?,31-,32-,37-,38-,39-,40-,41-,42?,43-,44+,45-,46?,47?,49-,51+,52?/m0/s1. The van der Waals surface area contributed by atoms with Gasteiger partial charge in [-0.25, -0.2) is 13.8 Å². The molecular formula is C53H87N5O25S. The lowest BCUT2D eigenvalue weighted by Crippen LogP contribution is -2.59. The number of unbranched alkanes of at least 4 members (excludes halogenated alkanes) is 10. The number of aromatic nitrogens is 2. The third-order valence-electron chi connectivity index (χ3n) is 15.6. The molecule has 0 spiro atoms. The molecule has 5 heterocycles. The Bertz CT molecular complexity index is 2520. The number of hydrogen-bond acceptors (Lipinski definition) is 25. The number of rotatable bonds is 33. The lowest BCUT2D eigenvalue weighted by atomic mass is 9.97. The number of hydrogen-bond donors (Lipinski definition) is 7. The number of methoxy groups -OCH3 is 3. The molecule has 5 rings (SSSR count). The van der Waals surface area contributed by atoms with E-state index in [2.05, 4.69) is 6.92 Å². The molecule has 0 aliphatic carbocycles. The Labute approximate surface area is 487 Å². The quantitative estimate of drug-likeness (QED) is 0.0205. The Morgan fingerprint density at radius 1 is 0.774 bits per heavy atom. The van der Waals surface area contributed by atoms with Gasteiger partial charge in [-0.2, -0.15) is 8.42 Å². The van der Waals surface area contributed by atoms with Gasteiger partial charge >= 0.3 is 40.0 Å². The number of carboxylic acids is 1. The number of aliphatic hydroxyl groups excluding tert-OH is 3. The molecule has 1 aromatic rings. The second-order valence-electron chi connectivity index (χ2n) is 21.9. The van der Waals surface area contributed by atoms with Crippen molar-refractivity contribution in [2.75, 3.05) is 48.5 Å². The predicted molar refractivity (Wildman–Crippen MR) is 290 cm³/mol. The molecule has 1 aromatic heterocycles. The Balaban J connectivity index is 1.37. The molecule has 7 unspecified atom stereocenters. The van der Waals surface area contributed by atoms with Crippen molar-refractivity contribution in [2.24, 2.45) is 11.7 Å². The number of nitrogens with one attached hydrogen (secondary N) is 1. The molecule has 30 nitrogen and oxygen atoms in total. The van der Waals surface area contributed by atoms with Crippen LogP contribution in [0.2, 0.25) is 0 Å². The van der Waals surface area contributed by atoms with Gasteiger partial charge in [-0.15, -0.1) is 0 Å². The van der Waals surface area contributed by atoms with E-state index < -0.39 is 181 Å². The number of nitrogens with two attached hydrogens (primary N) is 1. The van der Waals surface area contributed by atoms with Crippen LogP contribution < -0.4 is 17.0 Å². The van der Waals surface area contributed by atoms with Crippen molar-refractivity contribution < 1.29 is 109 Å². The first-order chi connectivity index (χ1) is 39.8. The number of esters is 3. The third-order valence-corrected chi connectivity index (χ3v) is 16.0. The van der Waals surface area contributed by atoms with Gasteiger partial charge in [0, 0.05) is 66.6 Å². The van der Waals surface area contributed by atoms with Crippen LogP contribution in [0.15, 0.2) is 21.9 Å². The Morgan fingerprint density at radius 2 is 1.37 bits per heavy atom. The average molecular weight is 1230 g/mol. The van der Waals surface area contributed by atoms with Crippen LogP contribution in [0.5, 0.6) is 0 Å². The van der Waals surface area contributed by atoms with Crippen molar-refractivity contribution in [3.8, 4) is 0 Å². The van der Waals surface area contributed by atoms with Gasteiger partial charge in [0.1, 0.15) is 73.2 Å². The summed E-state index contributed by atoms with van der Waals surface area (Å²) in [7, 11) is 1.19. The van der Waals surface area contributed by atoms with Crippen molar-refractivity contribution in [1.29, 1.82) is 0 Å². The van der Waals surface area contributed by atoms with E-state index in [1.165, 1.54) is 47.6 Å². The zero-order valence-electron chi connectivity index (χ0n) is 48.9. The number of likely N-dealkylation sites (N-methyl/N-ethyl adjacent to an activating group) is 2. The molecule has 0 bridgehead atoms. The molecule has 4 fully saturated rings. The lowest BCUT2D eigenvalue weighted by molar-refractivity contribution is -0.297. The minimum absolute atomic E-state index is 0.187. The number of carbonyl (C=O) groups excluding carboxylic acids is 4. The Kier molecular flexibility index (Phi) is 27.5. The number of ether oxygens (including phenoxy) is 10. The molecule has 8 N–H and O–H groups in total. The average Bonchev–Trinajstić information content (AvgIpc) is 3.03. The van der Waals surface area contributed by atoms with Crippen LogP contribution in [-0.2, 0) is 85.9 Å². The summed E-state index contributed by atoms with van der Waals surface area (Å²) in [6, 6.07) is -3.00. The molecule has 480 valence electrons. The van der Waals surface area contributed by atoms with Crippen molar-refractivity contribution >= 4 is 40.2 Å². The smallest absolute Gasteiger partial charge is 0.397 e. The summed E-state index contributed by atoms with van der Waals surface area (Å²) in [6.45, 7) is 4.54. The highest BCUT2D eigenvalue weighted by Crippen LogP contribution is 2.39. The van der Waals surface area contributed by atoms with Crippen LogP contribution in [0.1, 0.15) is 123 Å². The lowest BCUT2D eigenvalue weighted by Gasteiger charge is -2.43. The van der Waals surface area contributed by atoms with Crippen LogP contribution in [-0.4, -0.2) is 235 Å². The number of carbonyl (C=O) groups is 5. The number of nitrogens with zero attached hydrogens (tertiary/aromatic N) is 3. The van der Waals surface area contributed by atoms with Gasteiger partial charge in [-0.1, -0.05) is 78.1 Å². The van der Waals surface area contributed by atoms with E-state index in [0.717, 1.165) is 69.2 Å². The van der Waals surface area contributed by atoms with Crippen molar-refractivity contribution in [1.82, 2.24) is 19.4 Å². The largest absolute Gasteiger partial charge is 0.480 e. The number of amides is 1. The van der Waals surface area contributed by atoms with Crippen molar-refractivity contribution in [3.63, 3.8) is 0 Å². The number of aliphatic hydroxyl groups is 3. The van der Waals surface area contributed by atoms with E-state index in [9.17, 15) is 67.0 Å². The zero-order chi connectivity index (χ0) is 62.2. The van der Waals surface area contributed by atoms with Gasteiger partial charge in [-0.3, -0.25) is 43.0 Å². The topological polar surface area (TPSA) is 410 Å². The van der Waals surface area contributed by atoms with Crippen LogP contribution in [0.4, 0.5) is 0 Å². The molecule has 4 aliphatic heterocycles. The fourth-order valence-corrected chi connectivity index (χ4v) is 11.7. The highest BCUT2D eigenvalue weighted by atomic mass is 32.3. The number of aliphatic carboxylic acids is 1.